The summed E-state index contributed by atoms with van der Waals surface area (Å²) in [5.41, 5.74) is 0.528. The standard InChI is InChI=1S/C20H29N3O4/c1-21(2)18(24)13-22-10-14-8-9-15(12-22)23(11-14)20(25)16-6-5-7-17(26-3)19(16)27-4/h5-7,14-15H,8-13H2,1-4H3/t14-,15+/m0/s1. The number of benzene rings is 1. The second-order valence-corrected chi connectivity index (χ2v) is 7.58. The first-order valence-electron chi connectivity index (χ1n) is 9.39. The Labute approximate surface area is 160 Å². The van der Waals surface area contributed by atoms with E-state index in [-0.39, 0.29) is 17.9 Å². The van der Waals surface area contributed by atoms with Crippen molar-refractivity contribution < 1.29 is 19.1 Å². The highest BCUT2D eigenvalue weighted by molar-refractivity contribution is 5.98. The lowest BCUT2D eigenvalue weighted by molar-refractivity contribution is -0.129. The molecule has 2 amide bonds. The lowest BCUT2D eigenvalue weighted by Crippen LogP contribution is -2.48. The highest BCUT2D eigenvalue weighted by Crippen LogP contribution is 2.34. The Kier molecular flexibility index (Phi) is 5.89. The van der Waals surface area contributed by atoms with Gasteiger partial charge in [0, 0.05) is 39.8 Å². The molecule has 3 fully saturated rings. The zero-order valence-corrected chi connectivity index (χ0v) is 16.6. The van der Waals surface area contributed by atoms with Crippen LogP contribution in [0.15, 0.2) is 18.2 Å². The number of hydrogen-bond acceptors (Lipinski definition) is 5. The van der Waals surface area contributed by atoms with E-state index in [0.29, 0.717) is 29.5 Å². The van der Waals surface area contributed by atoms with Crippen molar-refractivity contribution in [2.45, 2.75) is 18.9 Å². The summed E-state index contributed by atoms with van der Waals surface area (Å²) in [6.45, 7) is 2.71. The van der Waals surface area contributed by atoms with Gasteiger partial charge < -0.3 is 19.3 Å². The minimum absolute atomic E-state index is 0.0266. The average Bonchev–Trinajstić information content (AvgIpc) is 2.97. The Balaban J connectivity index is 1.80. The van der Waals surface area contributed by atoms with E-state index in [1.807, 2.05) is 11.0 Å². The molecule has 7 heteroatoms. The molecule has 3 heterocycles. The van der Waals surface area contributed by atoms with Crippen LogP contribution in [0.2, 0.25) is 0 Å². The molecule has 1 aromatic carbocycles. The van der Waals surface area contributed by atoms with Crippen molar-refractivity contribution in [2.75, 3.05) is 54.5 Å². The molecule has 0 aromatic heterocycles. The van der Waals surface area contributed by atoms with Crippen molar-refractivity contribution in [3.8, 4) is 11.5 Å². The summed E-state index contributed by atoms with van der Waals surface area (Å²) < 4.78 is 10.8. The normalized spacial score (nSPS) is 22.3. The summed E-state index contributed by atoms with van der Waals surface area (Å²) >= 11 is 0. The number of carbonyl (C=O) groups is 2. The maximum absolute atomic E-state index is 13.3. The summed E-state index contributed by atoms with van der Waals surface area (Å²) in [4.78, 5) is 31.2. The first-order valence-corrected chi connectivity index (χ1v) is 9.39. The van der Waals surface area contributed by atoms with Crippen molar-refractivity contribution in [1.82, 2.24) is 14.7 Å². The van der Waals surface area contributed by atoms with E-state index in [2.05, 4.69) is 4.90 Å². The van der Waals surface area contributed by atoms with Crippen LogP contribution in [0.1, 0.15) is 23.2 Å². The van der Waals surface area contributed by atoms with Gasteiger partial charge in [-0.15, -0.1) is 0 Å². The number of amides is 2. The van der Waals surface area contributed by atoms with Gasteiger partial charge in [0.15, 0.2) is 11.5 Å². The number of likely N-dealkylation sites (N-methyl/N-ethyl adjacent to an activating group) is 1. The number of methoxy groups -OCH3 is 2. The first-order chi connectivity index (χ1) is 12.9. The number of rotatable bonds is 5. The van der Waals surface area contributed by atoms with Crippen LogP contribution in [-0.4, -0.2) is 87.0 Å². The second kappa shape index (κ2) is 8.17. The van der Waals surface area contributed by atoms with Crippen molar-refractivity contribution >= 4 is 11.8 Å². The number of hydrogen-bond donors (Lipinski definition) is 0. The zero-order valence-electron chi connectivity index (χ0n) is 16.6. The van der Waals surface area contributed by atoms with E-state index < -0.39 is 0 Å². The molecule has 0 spiro atoms. The van der Waals surface area contributed by atoms with E-state index in [0.717, 1.165) is 32.5 Å². The first kappa shape index (κ1) is 19.5. The van der Waals surface area contributed by atoms with Crippen LogP contribution in [0.25, 0.3) is 0 Å². The molecule has 3 saturated heterocycles. The zero-order chi connectivity index (χ0) is 19.6. The van der Waals surface area contributed by atoms with Gasteiger partial charge in [-0.1, -0.05) is 6.07 Å². The highest BCUT2D eigenvalue weighted by atomic mass is 16.5. The molecule has 2 bridgehead atoms. The van der Waals surface area contributed by atoms with Crippen molar-refractivity contribution in [2.24, 2.45) is 5.92 Å². The number of para-hydroxylation sites is 1. The maximum Gasteiger partial charge on any atom is 0.258 e. The molecule has 27 heavy (non-hydrogen) atoms. The van der Waals surface area contributed by atoms with Gasteiger partial charge in [-0.05, 0) is 30.9 Å². The largest absolute Gasteiger partial charge is 0.493 e. The summed E-state index contributed by atoms with van der Waals surface area (Å²) in [5, 5.41) is 0. The maximum atomic E-state index is 13.3. The van der Waals surface area contributed by atoms with Crippen LogP contribution in [0.3, 0.4) is 0 Å². The molecule has 0 aliphatic carbocycles. The Morgan fingerprint density at radius 1 is 1.11 bits per heavy atom. The average molecular weight is 375 g/mol. The quantitative estimate of drug-likeness (QED) is 0.777. The molecule has 0 radical (unpaired) electrons. The minimum atomic E-state index is -0.0266. The number of carbonyl (C=O) groups excluding carboxylic acids is 2. The van der Waals surface area contributed by atoms with Gasteiger partial charge in [0.2, 0.25) is 5.91 Å². The molecule has 0 saturated carbocycles. The monoisotopic (exact) mass is 375 g/mol. The predicted octanol–water partition coefficient (Wildman–Crippen LogP) is 1.33. The van der Waals surface area contributed by atoms with Gasteiger partial charge in [0.05, 0.1) is 26.3 Å². The third-order valence-corrected chi connectivity index (χ3v) is 5.54. The molecule has 0 N–H and O–H groups in total. The number of ether oxygens (including phenoxy) is 2. The predicted molar refractivity (Wildman–Crippen MR) is 102 cm³/mol. The fourth-order valence-electron chi connectivity index (χ4n) is 4.10. The van der Waals surface area contributed by atoms with Gasteiger partial charge in [-0.25, -0.2) is 0 Å². The van der Waals surface area contributed by atoms with E-state index >= 15 is 0 Å². The van der Waals surface area contributed by atoms with Crippen LogP contribution in [0, 0.1) is 5.92 Å². The molecule has 3 aliphatic rings. The molecule has 7 nitrogen and oxygen atoms in total. The Bertz CT molecular complexity index is 706. The minimum Gasteiger partial charge on any atom is -0.493 e. The summed E-state index contributed by atoms with van der Waals surface area (Å²) in [7, 11) is 6.68. The molecule has 0 unspecified atom stereocenters. The lowest BCUT2D eigenvalue weighted by Gasteiger charge is -2.36. The summed E-state index contributed by atoms with van der Waals surface area (Å²) in [6, 6.07) is 5.50. The van der Waals surface area contributed by atoms with Crippen molar-refractivity contribution in [3.05, 3.63) is 23.8 Å². The van der Waals surface area contributed by atoms with Crippen LogP contribution in [0.4, 0.5) is 0 Å². The van der Waals surface area contributed by atoms with E-state index in [9.17, 15) is 9.59 Å². The molecule has 1 aromatic rings. The molecule has 148 valence electrons. The van der Waals surface area contributed by atoms with Gasteiger partial charge in [-0.3, -0.25) is 14.5 Å². The molecular formula is C20H29N3O4. The highest BCUT2D eigenvalue weighted by Gasteiger charge is 2.38. The Morgan fingerprint density at radius 2 is 1.89 bits per heavy atom. The summed E-state index contributed by atoms with van der Waals surface area (Å²) in [6.07, 6.45) is 2.06. The molecular weight excluding hydrogens is 346 g/mol. The Morgan fingerprint density at radius 3 is 2.56 bits per heavy atom. The smallest absolute Gasteiger partial charge is 0.258 e. The van der Waals surface area contributed by atoms with Crippen LogP contribution in [-0.2, 0) is 4.79 Å². The SMILES string of the molecule is COc1cccc(C(=O)N2C[C@H]3CC[C@@H]2CN(CC(=O)N(C)C)C3)c1OC. The fourth-order valence-corrected chi connectivity index (χ4v) is 4.10. The summed E-state index contributed by atoms with van der Waals surface area (Å²) in [5.74, 6) is 1.50. The number of fused-ring (bicyclic) bond motifs is 4. The van der Waals surface area contributed by atoms with E-state index in [4.69, 9.17) is 9.47 Å². The third-order valence-electron chi connectivity index (χ3n) is 5.54. The van der Waals surface area contributed by atoms with Gasteiger partial charge in [-0.2, -0.15) is 0 Å². The Hall–Kier alpha value is -2.28. The number of piperidine rings is 1. The van der Waals surface area contributed by atoms with Gasteiger partial charge >= 0.3 is 0 Å². The second-order valence-electron chi connectivity index (χ2n) is 7.58. The van der Waals surface area contributed by atoms with Crippen LogP contribution in [0.5, 0.6) is 11.5 Å². The van der Waals surface area contributed by atoms with Gasteiger partial charge in [0.25, 0.3) is 5.91 Å². The third kappa shape index (κ3) is 4.03. The molecule has 3 aliphatic heterocycles. The van der Waals surface area contributed by atoms with Crippen LogP contribution >= 0.6 is 0 Å². The molecule has 2 atom stereocenters. The van der Waals surface area contributed by atoms with Gasteiger partial charge in [0.1, 0.15) is 0 Å². The fraction of sp³-hybridized carbons (Fsp3) is 0.600. The molecule has 4 rings (SSSR count). The topological polar surface area (TPSA) is 62.3 Å². The lowest BCUT2D eigenvalue weighted by atomic mass is 9.94. The van der Waals surface area contributed by atoms with Crippen molar-refractivity contribution in [1.29, 1.82) is 0 Å². The van der Waals surface area contributed by atoms with Crippen molar-refractivity contribution in [3.63, 3.8) is 0 Å². The number of nitrogens with zero attached hydrogens (tertiary/aromatic N) is 3. The van der Waals surface area contributed by atoms with Crippen LogP contribution < -0.4 is 9.47 Å². The van der Waals surface area contributed by atoms with E-state index in [1.54, 1.807) is 45.3 Å². The van der Waals surface area contributed by atoms with E-state index in [1.165, 1.54) is 0 Å².